The molecule has 4 aromatic rings. The largest absolute Gasteiger partial charge is 0.342 e. The molecule has 2 heterocycles. The van der Waals surface area contributed by atoms with Crippen LogP contribution in [0.5, 0.6) is 0 Å². The van der Waals surface area contributed by atoms with Crippen molar-refractivity contribution in [2.45, 2.75) is 24.9 Å². The highest BCUT2D eigenvalue weighted by Crippen LogP contribution is 2.19. The number of nitrogens with one attached hydrogen (secondary N) is 1. The van der Waals surface area contributed by atoms with Crippen molar-refractivity contribution in [3.05, 3.63) is 71.3 Å². The molecule has 4 rings (SSSR count). The van der Waals surface area contributed by atoms with Gasteiger partial charge in [-0.25, -0.2) is 4.98 Å². The number of hydrogen-bond acceptors (Lipinski definition) is 5. The molecule has 0 aliphatic carbocycles. The van der Waals surface area contributed by atoms with Gasteiger partial charge in [-0.1, -0.05) is 53.7 Å². The smallest absolute Gasteiger partial charge is 0.191 e. The average molecular weight is 392 g/mol. The number of H-pyrrole nitrogens is 1. The van der Waals surface area contributed by atoms with E-state index in [9.17, 15) is 4.79 Å². The molecule has 0 amide bonds. The van der Waals surface area contributed by atoms with Crippen LogP contribution in [0.3, 0.4) is 0 Å². The number of imidazole rings is 1. The molecule has 0 radical (unpaired) electrons. The number of fused-ring (bicyclic) bond motifs is 1. The van der Waals surface area contributed by atoms with Crippen LogP contribution >= 0.6 is 11.8 Å². The third-order valence-corrected chi connectivity index (χ3v) is 5.68. The Labute approximate surface area is 167 Å². The van der Waals surface area contributed by atoms with E-state index < -0.39 is 0 Å². The summed E-state index contributed by atoms with van der Waals surface area (Å²) in [4.78, 5) is 20.3. The van der Waals surface area contributed by atoms with Crippen LogP contribution < -0.4 is 0 Å². The van der Waals surface area contributed by atoms with Crippen molar-refractivity contribution < 1.29 is 4.79 Å². The van der Waals surface area contributed by atoms with E-state index in [2.05, 4.69) is 20.2 Å². The number of aryl methyl sites for hydroxylation is 3. The summed E-state index contributed by atoms with van der Waals surface area (Å²) in [6, 6.07) is 15.6. The Hall–Kier alpha value is -2.93. The van der Waals surface area contributed by atoms with Gasteiger partial charge in [0.2, 0.25) is 0 Å². The van der Waals surface area contributed by atoms with Gasteiger partial charge >= 0.3 is 0 Å². The molecule has 1 N–H and O–H groups in total. The number of hydrogen-bond donors (Lipinski definition) is 1. The van der Waals surface area contributed by atoms with E-state index in [0.29, 0.717) is 5.75 Å². The number of carbonyl (C=O) groups excluding carboxylic acids is 1. The molecule has 0 aliphatic heterocycles. The van der Waals surface area contributed by atoms with Crippen molar-refractivity contribution in [3.63, 3.8) is 0 Å². The molecule has 28 heavy (non-hydrogen) atoms. The van der Waals surface area contributed by atoms with Crippen molar-refractivity contribution in [2.24, 2.45) is 7.05 Å². The summed E-state index contributed by atoms with van der Waals surface area (Å²) < 4.78 is 1.95. The zero-order chi connectivity index (χ0) is 19.5. The number of nitrogens with zero attached hydrogens (tertiary/aromatic N) is 4. The fourth-order valence-corrected chi connectivity index (χ4v) is 3.82. The van der Waals surface area contributed by atoms with Gasteiger partial charge in [0.1, 0.15) is 11.6 Å². The maximum atomic E-state index is 12.4. The summed E-state index contributed by atoms with van der Waals surface area (Å²) in [5, 5.41) is 9.28. The number of aromatic amines is 1. The lowest BCUT2D eigenvalue weighted by Gasteiger charge is -2.04. The first-order valence-corrected chi connectivity index (χ1v) is 10.1. The number of ketones is 1. The lowest BCUT2D eigenvalue weighted by molar-refractivity contribution is 0.102. The second-order valence-corrected chi connectivity index (χ2v) is 7.68. The minimum absolute atomic E-state index is 0.0943. The normalized spacial score (nSPS) is 11.2. The third kappa shape index (κ3) is 3.99. The van der Waals surface area contributed by atoms with Gasteiger partial charge in [0.15, 0.2) is 10.9 Å². The lowest BCUT2D eigenvalue weighted by Crippen LogP contribution is -2.05. The van der Waals surface area contributed by atoms with Gasteiger partial charge in [-0.15, -0.1) is 10.2 Å². The molecule has 0 saturated heterocycles. The van der Waals surface area contributed by atoms with Crippen molar-refractivity contribution >= 4 is 28.6 Å². The van der Waals surface area contributed by atoms with E-state index in [-0.39, 0.29) is 5.78 Å². The molecule has 0 unspecified atom stereocenters. The van der Waals surface area contributed by atoms with Crippen LogP contribution in [0.1, 0.15) is 27.6 Å². The quantitative estimate of drug-likeness (QED) is 0.383. The Kier molecular flexibility index (Phi) is 5.25. The monoisotopic (exact) mass is 391 g/mol. The molecule has 142 valence electrons. The third-order valence-electron chi connectivity index (χ3n) is 4.65. The van der Waals surface area contributed by atoms with E-state index in [1.54, 1.807) is 0 Å². The summed E-state index contributed by atoms with van der Waals surface area (Å²) in [6.45, 7) is 2.01. The average Bonchev–Trinajstić information content (AvgIpc) is 3.28. The number of carbonyl (C=O) groups is 1. The molecular formula is C21H21N5OS. The fourth-order valence-electron chi connectivity index (χ4n) is 3.00. The van der Waals surface area contributed by atoms with E-state index in [1.165, 1.54) is 11.8 Å². The van der Waals surface area contributed by atoms with Gasteiger partial charge in [-0.3, -0.25) is 4.79 Å². The number of benzene rings is 2. The molecular weight excluding hydrogens is 370 g/mol. The van der Waals surface area contributed by atoms with E-state index in [1.807, 2.05) is 67.1 Å². The molecule has 0 fully saturated rings. The minimum atomic E-state index is 0.0943. The summed E-state index contributed by atoms with van der Waals surface area (Å²) in [5.74, 6) is 2.26. The molecule has 2 aromatic heterocycles. The minimum Gasteiger partial charge on any atom is -0.342 e. The zero-order valence-corrected chi connectivity index (χ0v) is 16.7. The van der Waals surface area contributed by atoms with Crippen molar-refractivity contribution in [1.29, 1.82) is 0 Å². The SMILES string of the molecule is Cc1ccc(C(=O)CSc2nnc(CCc3nc4ccccc4[nH]3)n2C)cc1. The van der Waals surface area contributed by atoms with Gasteiger partial charge in [0.25, 0.3) is 0 Å². The van der Waals surface area contributed by atoms with Gasteiger partial charge in [-0.2, -0.15) is 0 Å². The molecule has 0 bridgehead atoms. The van der Waals surface area contributed by atoms with Crippen LogP contribution in [-0.4, -0.2) is 36.3 Å². The number of Topliss-reactive ketones (excluding diaryl/α,β-unsaturated/α-hetero) is 1. The van der Waals surface area contributed by atoms with Crippen molar-refractivity contribution in [2.75, 3.05) is 5.75 Å². The fraction of sp³-hybridized carbons (Fsp3) is 0.238. The molecule has 0 atom stereocenters. The highest BCUT2D eigenvalue weighted by atomic mass is 32.2. The summed E-state index contributed by atoms with van der Waals surface area (Å²) in [6.07, 6.45) is 1.49. The van der Waals surface area contributed by atoms with Gasteiger partial charge < -0.3 is 9.55 Å². The molecule has 7 heteroatoms. The summed E-state index contributed by atoms with van der Waals surface area (Å²) in [7, 11) is 1.94. The van der Waals surface area contributed by atoms with Crippen LogP contribution in [0.25, 0.3) is 11.0 Å². The Morgan fingerprint density at radius 3 is 2.64 bits per heavy atom. The molecule has 0 spiro atoms. The zero-order valence-electron chi connectivity index (χ0n) is 15.8. The van der Waals surface area contributed by atoms with Crippen LogP contribution in [0.2, 0.25) is 0 Å². The Bertz CT molecular complexity index is 1080. The van der Waals surface area contributed by atoms with E-state index >= 15 is 0 Å². The Balaban J connectivity index is 1.37. The first-order valence-electron chi connectivity index (χ1n) is 9.15. The van der Waals surface area contributed by atoms with Gasteiger partial charge in [0.05, 0.1) is 16.8 Å². The standard InChI is InChI=1S/C21H21N5OS/c1-14-7-9-15(10-8-14)18(27)13-28-21-25-24-20(26(21)2)12-11-19-22-16-5-3-4-6-17(16)23-19/h3-10H,11-13H2,1-2H3,(H,22,23). The topological polar surface area (TPSA) is 76.5 Å². The van der Waals surface area contributed by atoms with E-state index in [4.69, 9.17) is 0 Å². The van der Waals surface area contributed by atoms with Gasteiger partial charge in [0, 0.05) is 25.5 Å². The van der Waals surface area contributed by atoms with Crippen molar-refractivity contribution in [1.82, 2.24) is 24.7 Å². The maximum absolute atomic E-state index is 12.4. The Morgan fingerprint density at radius 1 is 1.07 bits per heavy atom. The van der Waals surface area contributed by atoms with Gasteiger partial charge in [-0.05, 0) is 19.1 Å². The van der Waals surface area contributed by atoms with Crippen LogP contribution in [-0.2, 0) is 19.9 Å². The van der Waals surface area contributed by atoms with Crippen LogP contribution in [0, 0.1) is 6.92 Å². The number of rotatable bonds is 7. The molecule has 2 aromatic carbocycles. The second-order valence-electron chi connectivity index (χ2n) is 6.74. The number of para-hydroxylation sites is 2. The van der Waals surface area contributed by atoms with Crippen LogP contribution in [0.15, 0.2) is 53.7 Å². The van der Waals surface area contributed by atoms with Crippen molar-refractivity contribution in [3.8, 4) is 0 Å². The lowest BCUT2D eigenvalue weighted by atomic mass is 10.1. The first kappa shape index (κ1) is 18.4. The highest BCUT2D eigenvalue weighted by Gasteiger charge is 2.13. The molecule has 0 saturated carbocycles. The first-order chi connectivity index (χ1) is 13.6. The second kappa shape index (κ2) is 7.98. The number of aromatic nitrogens is 5. The van der Waals surface area contributed by atoms with E-state index in [0.717, 1.165) is 51.8 Å². The summed E-state index contributed by atoms with van der Waals surface area (Å²) in [5.41, 5.74) is 3.89. The predicted molar refractivity (Wildman–Crippen MR) is 111 cm³/mol. The Morgan fingerprint density at radius 2 is 1.86 bits per heavy atom. The summed E-state index contributed by atoms with van der Waals surface area (Å²) >= 11 is 1.42. The number of thioether (sulfide) groups is 1. The molecule has 6 nitrogen and oxygen atoms in total. The highest BCUT2D eigenvalue weighted by molar-refractivity contribution is 7.99. The maximum Gasteiger partial charge on any atom is 0.191 e. The van der Waals surface area contributed by atoms with Crippen LogP contribution in [0.4, 0.5) is 0 Å². The molecule has 0 aliphatic rings. The predicted octanol–water partition coefficient (Wildman–Crippen LogP) is 3.76.